The van der Waals surface area contributed by atoms with E-state index in [1.165, 1.54) is 7.11 Å². The Bertz CT molecular complexity index is 44.5. The van der Waals surface area contributed by atoms with Crippen molar-refractivity contribution >= 4 is 0 Å². The first-order valence-electron chi connectivity index (χ1n) is 2.21. The zero-order chi connectivity index (χ0) is 6.41. The van der Waals surface area contributed by atoms with Crippen LogP contribution in [0.2, 0.25) is 0 Å². The highest BCUT2D eigenvalue weighted by molar-refractivity contribution is 4.47. The zero-order valence-electron chi connectivity index (χ0n) is 4.63. The van der Waals surface area contributed by atoms with E-state index >= 15 is 0 Å². The summed E-state index contributed by atoms with van der Waals surface area (Å²) < 4.78 is 15.3. The van der Waals surface area contributed by atoms with Gasteiger partial charge in [-0.2, -0.15) is 4.94 Å². The highest BCUT2D eigenvalue weighted by Crippen LogP contribution is 1.84. The average molecular weight is 124 g/mol. The summed E-state index contributed by atoms with van der Waals surface area (Å²) in [5.41, 5.74) is 0. The van der Waals surface area contributed by atoms with Crippen LogP contribution >= 0.6 is 0 Å². The molecule has 3 nitrogen and oxygen atoms in total. The number of hydrogen-bond donors (Lipinski definition) is 1. The van der Waals surface area contributed by atoms with Crippen LogP contribution in [0, 0.1) is 0 Å². The van der Waals surface area contributed by atoms with Gasteiger partial charge in [-0.15, -0.1) is 0 Å². The first kappa shape index (κ1) is 7.81. The van der Waals surface area contributed by atoms with Gasteiger partial charge in [0.25, 0.3) is 0 Å². The first-order chi connectivity index (χ1) is 3.81. The lowest BCUT2D eigenvalue weighted by atomic mass is 10.4. The van der Waals surface area contributed by atoms with E-state index in [4.69, 9.17) is 5.11 Å². The molecule has 1 unspecified atom stereocenters. The molecule has 0 aromatic heterocycles. The Hall–Kier alpha value is -0.190. The molecular formula is C4H9FO3. The van der Waals surface area contributed by atoms with Gasteiger partial charge in [-0.05, 0) is 4.53 Å². The number of ether oxygens (including phenoxy) is 1. The highest BCUT2D eigenvalue weighted by atomic mass is 19.3. The minimum Gasteiger partial charge on any atom is -0.388 e. The lowest BCUT2D eigenvalue weighted by molar-refractivity contribution is -0.163. The highest BCUT2D eigenvalue weighted by Gasteiger charge is 2.01. The third-order valence-electron chi connectivity index (χ3n) is 0.614. The van der Waals surface area contributed by atoms with Crippen molar-refractivity contribution < 1.29 is 19.3 Å². The van der Waals surface area contributed by atoms with Gasteiger partial charge in [-0.1, -0.05) is 0 Å². The Morgan fingerprint density at radius 2 is 2.25 bits per heavy atom. The topological polar surface area (TPSA) is 38.7 Å². The van der Waals surface area contributed by atoms with Gasteiger partial charge in [-0.3, -0.25) is 0 Å². The molecule has 8 heavy (non-hydrogen) atoms. The van der Waals surface area contributed by atoms with E-state index in [0.29, 0.717) is 0 Å². The predicted molar refractivity (Wildman–Crippen MR) is 24.9 cm³/mol. The third-order valence-corrected chi connectivity index (χ3v) is 0.614. The summed E-state index contributed by atoms with van der Waals surface area (Å²) in [5, 5.41) is 8.56. The van der Waals surface area contributed by atoms with Gasteiger partial charge < -0.3 is 9.84 Å². The molecule has 0 aromatic rings. The SMILES string of the molecule is COCC(O)COF. The monoisotopic (exact) mass is 124 g/mol. The molecular weight excluding hydrogens is 115 g/mol. The van der Waals surface area contributed by atoms with Crippen LogP contribution in [0.1, 0.15) is 0 Å². The normalized spacial score (nSPS) is 13.9. The van der Waals surface area contributed by atoms with E-state index < -0.39 is 6.10 Å². The molecule has 1 N–H and O–H groups in total. The Morgan fingerprint density at radius 1 is 1.62 bits per heavy atom. The summed E-state index contributed by atoms with van der Waals surface area (Å²) in [5.74, 6) is 0. The maximum Gasteiger partial charge on any atom is 0.116 e. The molecule has 0 heterocycles. The quantitative estimate of drug-likeness (QED) is 0.568. The van der Waals surface area contributed by atoms with Crippen LogP contribution in [0.15, 0.2) is 0 Å². The van der Waals surface area contributed by atoms with Crippen molar-refractivity contribution in [2.45, 2.75) is 6.10 Å². The summed E-state index contributed by atoms with van der Waals surface area (Å²) in [4.78, 5) is 3.13. The summed E-state index contributed by atoms with van der Waals surface area (Å²) in [6, 6.07) is 0. The largest absolute Gasteiger partial charge is 0.388 e. The zero-order valence-corrected chi connectivity index (χ0v) is 4.63. The molecule has 0 rings (SSSR count). The molecule has 0 spiro atoms. The van der Waals surface area contributed by atoms with Crippen molar-refractivity contribution in [2.75, 3.05) is 20.3 Å². The molecule has 0 fully saturated rings. The van der Waals surface area contributed by atoms with E-state index in [1.807, 2.05) is 0 Å². The maximum atomic E-state index is 10.9. The number of rotatable bonds is 4. The number of halogens is 1. The van der Waals surface area contributed by atoms with Crippen LogP contribution in [0.5, 0.6) is 0 Å². The van der Waals surface area contributed by atoms with Crippen molar-refractivity contribution in [3.63, 3.8) is 0 Å². The predicted octanol–water partition coefficient (Wildman–Crippen LogP) is -0.105. The van der Waals surface area contributed by atoms with Crippen LogP contribution in [-0.2, 0) is 9.68 Å². The van der Waals surface area contributed by atoms with Crippen LogP contribution in [0.3, 0.4) is 0 Å². The molecule has 4 heteroatoms. The molecule has 50 valence electrons. The van der Waals surface area contributed by atoms with Gasteiger partial charge in [-0.25, -0.2) is 0 Å². The van der Waals surface area contributed by atoms with Crippen LogP contribution in [-0.4, -0.2) is 31.5 Å². The van der Waals surface area contributed by atoms with Gasteiger partial charge >= 0.3 is 0 Å². The molecule has 0 aromatic carbocycles. The van der Waals surface area contributed by atoms with Crippen molar-refractivity contribution in [3.8, 4) is 0 Å². The molecule has 1 atom stereocenters. The first-order valence-corrected chi connectivity index (χ1v) is 2.21. The summed E-state index contributed by atoms with van der Waals surface area (Å²) in [6.07, 6.45) is -0.856. The Kier molecular flexibility index (Phi) is 4.84. The van der Waals surface area contributed by atoms with Crippen molar-refractivity contribution in [3.05, 3.63) is 0 Å². The minimum atomic E-state index is -0.856. The van der Waals surface area contributed by atoms with Gasteiger partial charge in [0.2, 0.25) is 0 Å². The number of methoxy groups -OCH3 is 1. The molecule has 0 saturated heterocycles. The van der Waals surface area contributed by atoms with Gasteiger partial charge in [0.05, 0.1) is 6.61 Å². The molecule has 0 bridgehead atoms. The maximum absolute atomic E-state index is 10.9. The molecule has 0 saturated carbocycles. The van der Waals surface area contributed by atoms with E-state index in [2.05, 4.69) is 9.68 Å². The molecule has 0 aliphatic carbocycles. The fraction of sp³-hybridized carbons (Fsp3) is 1.00. The van der Waals surface area contributed by atoms with E-state index in [1.54, 1.807) is 0 Å². The molecule has 0 radical (unpaired) electrons. The molecule has 0 aliphatic heterocycles. The van der Waals surface area contributed by atoms with Crippen molar-refractivity contribution in [2.24, 2.45) is 0 Å². The molecule has 0 aliphatic rings. The number of aliphatic hydroxyl groups is 1. The fourth-order valence-corrected chi connectivity index (χ4v) is 0.313. The van der Waals surface area contributed by atoms with E-state index in [9.17, 15) is 4.53 Å². The Balaban J connectivity index is 2.92. The van der Waals surface area contributed by atoms with Crippen LogP contribution in [0.25, 0.3) is 0 Å². The average Bonchev–Trinajstić information content (AvgIpc) is 1.68. The van der Waals surface area contributed by atoms with Gasteiger partial charge in [0.15, 0.2) is 0 Å². The fourth-order valence-electron chi connectivity index (χ4n) is 0.313. The standard InChI is InChI=1S/C4H9FO3/c1-7-2-4(6)3-8-5/h4,6H,2-3H2,1H3. The Labute approximate surface area is 46.9 Å². The second kappa shape index (κ2) is 4.96. The lowest BCUT2D eigenvalue weighted by Gasteiger charge is -2.03. The van der Waals surface area contributed by atoms with Crippen molar-refractivity contribution in [1.29, 1.82) is 0 Å². The lowest BCUT2D eigenvalue weighted by Crippen LogP contribution is -2.18. The smallest absolute Gasteiger partial charge is 0.116 e. The van der Waals surface area contributed by atoms with Crippen molar-refractivity contribution in [1.82, 2.24) is 0 Å². The van der Waals surface area contributed by atoms with E-state index in [-0.39, 0.29) is 13.2 Å². The van der Waals surface area contributed by atoms with E-state index in [0.717, 1.165) is 0 Å². The van der Waals surface area contributed by atoms with Crippen LogP contribution < -0.4 is 0 Å². The minimum absolute atomic E-state index is 0.101. The second-order valence-electron chi connectivity index (χ2n) is 1.38. The van der Waals surface area contributed by atoms with Gasteiger partial charge in [0.1, 0.15) is 12.7 Å². The number of aliphatic hydroxyl groups excluding tert-OH is 1. The summed E-state index contributed by atoms with van der Waals surface area (Å²) in [6.45, 7) is -0.224. The number of hydrogen-bond acceptors (Lipinski definition) is 3. The van der Waals surface area contributed by atoms with Gasteiger partial charge in [0, 0.05) is 7.11 Å². The van der Waals surface area contributed by atoms with Crippen LogP contribution in [0.4, 0.5) is 4.53 Å². The second-order valence-corrected chi connectivity index (χ2v) is 1.38. The summed E-state index contributed by atoms with van der Waals surface area (Å²) >= 11 is 0. The third kappa shape index (κ3) is 3.98. The Morgan fingerprint density at radius 3 is 2.62 bits per heavy atom. The molecule has 0 amide bonds. The summed E-state index contributed by atoms with van der Waals surface area (Å²) in [7, 11) is 1.42.